The molecule has 1 atom stereocenters. The number of rotatable bonds is 7. The Kier molecular flexibility index (Phi) is 5.04. The van der Waals surface area contributed by atoms with E-state index in [1.54, 1.807) is 18.1 Å². The standard InChI is InChI=1S/C11H23N5O/c1-5-11(6-2,17-4)9(15-12)7-10-13-8-14-16(10)3/h8-9,15H,5-7,12H2,1-4H3. The van der Waals surface area contributed by atoms with E-state index >= 15 is 0 Å². The number of methoxy groups -OCH3 is 1. The van der Waals surface area contributed by atoms with Gasteiger partial charge in [0.05, 0.1) is 11.6 Å². The molecule has 17 heavy (non-hydrogen) atoms. The molecule has 0 amide bonds. The highest BCUT2D eigenvalue weighted by molar-refractivity contribution is 4.98. The van der Waals surface area contributed by atoms with Crippen molar-refractivity contribution in [3.8, 4) is 0 Å². The highest BCUT2D eigenvalue weighted by atomic mass is 16.5. The molecule has 0 saturated carbocycles. The largest absolute Gasteiger partial charge is 0.377 e. The number of ether oxygens (including phenoxy) is 1. The zero-order valence-corrected chi connectivity index (χ0v) is 11.1. The van der Waals surface area contributed by atoms with E-state index in [2.05, 4.69) is 29.4 Å². The number of hydrazine groups is 1. The molecule has 0 bridgehead atoms. The first-order valence-electron chi connectivity index (χ1n) is 5.97. The first-order valence-corrected chi connectivity index (χ1v) is 5.97. The lowest BCUT2D eigenvalue weighted by Gasteiger charge is -2.37. The van der Waals surface area contributed by atoms with Gasteiger partial charge in [0.15, 0.2) is 0 Å². The molecule has 0 aromatic carbocycles. The molecule has 0 fully saturated rings. The molecule has 0 spiro atoms. The Bertz CT molecular complexity index is 326. The van der Waals surface area contributed by atoms with Crippen molar-refractivity contribution < 1.29 is 4.74 Å². The summed E-state index contributed by atoms with van der Waals surface area (Å²) in [6.07, 6.45) is 4.04. The van der Waals surface area contributed by atoms with Crippen molar-refractivity contribution in [2.45, 2.75) is 44.8 Å². The van der Waals surface area contributed by atoms with Crippen LogP contribution >= 0.6 is 0 Å². The van der Waals surface area contributed by atoms with Crippen molar-refractivity contribution in [2.75, 3.05) is 7.11 Å². The second-order valence-corrected chi connectivity index (χ2v) is 4.20. The van der Waals surface area contributed by atoms with Gasteiger partial charge in [-0.1, -0.05) is 13.8 Å². The van der Waals surface area contributed by atoms with Crippen molar-refractivity contribution in [3.05, 3.63) is 12.2 Å². The van der Waals surface area contributed by atoms with E-state index < -0.39 is 0 Å². The first-order chi connectivity index (χ1) is 8.13. The van der Waals surface area contributed by atoms with E-state index in [1.165, 1.54) is 0 Å². The third-order valence-corrected chi connectivity index (χ3v) is 3.63. The predicted molar refractivity (Wildman–Crippen MR) is 66.1 cm³/mol. The van der Waals surface area contributed by atoms with E-state index in [4.69, 9.17) is 10.6 Å². The molecule has 3 N–H and O–H groups in total. The van der Waals surface area contributed by atoms with Crippen molar-refractivity contribution >= 4 is 0 Å². The van der Waals surface area contributed by atoms with E-state index in [0.29, 0.717) is 6.42 Å². The molecule has 0 aliphatic rings. The van der Waals surface area contributed by atoms with Gasteiger partial charge in [0.1, 0.15) is 12.2 Å². The van der Waals surface area contributed by atoms with Crippen LogP contribution in [0.2, 0.25) is 0 Å². The van der Waals surface area contributed by atoms with Crippen LogP contribution in [-0.2, 0) is 18.2 Å². The molecule has 6 heteroatoms. The average Bonchev–Trinajstić information content (AvgIpc) is 2.76. The molecule has 0 radical (unpaired) electrons. The van der Waals surface area contributed by atoms with Gasteiger partial charge in [-0.15, -0.1) is 0 Å². The fraction of sp³-hybridized carbons (Fsp3) is 0.818. The number of nitrogens with one attached hydrogen (secondary N) is 1. The van der Waals surface area contributed by atoms with E-state index in [0.717, 1.165) is 18.7 Å². The number of aryl methyl sites for hydroxylation is 1. The van der Waals surface area contributed by atoms with Gasteiger partial charge in [-0.3, -0.25) is 16.0 Å². The van der Waals surface area contributed by atoms with Crippen molar-refractivity contribution in [3.63, 3.8) is 0 Å². The summed E-state index contributed by atoms with van der Waals surface area (Å²) in [4.78, 5) is 4.22. The molecule has 1 unspecified atom stereocenters. The Labute approximate surface area is 103 Å². The lowest BCUT2D eigenvalue weighted by atomic mass is 9.86. The van der Waals surface area contributed by atoms with Gasteiger partial charge in [-0.2, -0.15) is 5.10 Å². The summed E-state index contributed by atoms with van der Waals surface area (Å²) in [6.45, 7) is 4.21. The lowest BCUT2D eigenvalue weighted by molar-refractivity contribution is -0.0479. The molecular weight excluding hydrogens is 218 g/mol. The van der Waals surface area contributed by atoms with Crippen LogP contribution in [0.4, 0.5) is 0 Å². The van der Waals surface area contributed by atoms with E-state index in [1.807, 2.05) is 7.05 Å². The number of aromatic nitrogens is 3. The van der Waals surface area contributed by atoms with Crippen LogP contribution in [-0.4, -0.2) is 33.5 Å². The Morgan fingerprint density at radius 3 is 2.53 bits per heavy atom. The maximum atomic E-state index is 5.68. The smallest absolute Gasteiger partial charge is 0.138 e. The molecule has 1 rings (SSSR count). The maximum Gasteiger partial charge on any atom is 0.138 e. The van der Waals surface area contributed by atoms with Gasteiger partial charge in [0, 0.05) is 20.6 Å². The highest BCUT2D eigenvalue weighted by Gasteiger charge is 2.36. The van der Waals surface area contributed by atoms with E-state index in [9.17, 15) is 0 Å². The fourth-order valence-corrected chi connectivity index (χ4v) is 2.26. The molecule has 6 nitrogen and oxygen atoms in total. The normalized spacial score (nSPS) is 13.9. The maximum absolute atomic E-state index is 5.68. The van der Waals surface area contributed by atoms with E-state index in [-0.39, 0.29) is 11.6 Å². The quantitative estimate of drug-likeness (QED) is 0.533. The third kappa shape index (κ3) is 2.83. The monoisotopic (exact) mass is 241 g/mol. The summed E-state index contributed by atoms with van der Waals surface area (Å²) in [5.74, 6) is 6.56. The minimum atomic E-state index is -0.263. The van der Waals surface area contributed by atoms with Gasteiger partial charge < -0.3 is 4.74 Å². The Hall–Kier alpha value is -0.980. The SMILES string of the molecule is CCC(CC)(OC)C(Cc1ncnn1C)NN. The van der Waals surface area contributed by atoms with Crippen LogP contribution in [0.25, 0.3) is 0 Å². The van der Waals surface area contributed by atoms with Gasteiger partial charge >= 0.3 is 0 Å². The van der Waals surface area contributed by atoms with Crippen molar-refractivity contribution in [1.82, 2.24) is 20.2 Å². The minimum Gasteiger partial charge on any atom is -0.377 e. The second-order valence-electron chi connectivity index (χ2n) is 4.20. The second kappa shape index (κ2) is 6.09. The van der Waals surface area contributed by atoms with Gasteiger partial charge in [0.25, 0.3) is 0 Å². The zero-order valence-electron chi connectivity index (χ0n) is 11.1. The predicted octanol–water partition coefficient (Wildman–Crippen LogP) is 0.395. The number of nitrogens with zero attached hydrogens (tertiary/aromatic N) is 3. The summed E-state index contributed by atoms with van der Waals surface area (Å²) in [6, 6.07) is 0.0189. The number of hydrogen-bond donors (Lipinski definition) is 2. The van der Waals surface area contributed by atoms with Crippen LogP contribution < -0.4 is 11.3 Å². The molecular formula is C11H23N5O. The molecule has 1 aromatic heterocycles. The fourth-order valence-electron chi connectivity index (χ4n) is 2.26. The molecule has 98 valence electrons. The van der Waals surface area contributed by atoms with Crippen LogP contribution in [0.3, 0.4) is 0 Å². The highest BCUT2D eigenvalue weighted by Crippen LogP contribution is 2.25. The summed E-state index contributed by atoms with van der Waals surface area (Å²) in [5, 5.41) is 4.06. The number of hydrogen-bond acceptors (Lipinski definition) is 5. The molecule has 0 saturated heterocycles. The lowest BCUT2D eigenvalue weighted by Crippen LogP contribution is -2.55. The Balaban J connectivity index is 2.87. The van der Waals surface area contributed by atoms with Crippen LogP contribution in [0, 0.1) is 0 Å². The first kappa shape index (κ1) is 14.1. The van der Waals surface area contributed by atoms with Gasteiger partial charge in [-0.05, 0) is 12.8 Å². The van der Waals surface area contributed by atoms with Gasteiger partial charge in [-0.25, -0.2) is 4.98 Å². The summed E-state index contributed by atoms with van der Waals surface area (Å²) >= 11 is 0. The summed E-state index contributed by atoms with van der Waals surface area (Å²) < 4.78 is 7.44. The van der Waals surface area contributed by atoms with Crippen LogP contribution in [0.15, 0.2) is 6.33 Å². The average molecular weight is 241 g/mol. The molecule has 1 heterocycles. The summed E-state index contributed by atoms with van der Waals surface area (Å²) in [7, 11) is 3.61. The van der Waals surface area contributed by atoms with Crippen LogP contribution in [0.5, 0.6) is 0 Å². The van der Waals surface area contributed by atoms with Gasteiger partial charge in [0.2, 0.25) is 0 Å². The number of nitrogens with two attached hydrogens (primary N) is 1. The molecule has 0 aliphatic carbocycles. The van der Waals surface area contributed by atoms with Crippen molar-refractivity contribution in [1.29, 1.82) is 0 Å². The van der Waals surface area contributed by atoms with Crippen molar-refractivity contribution in [2.24, 2.45) is 12.9 Å². The minimum absolute atomic E-state index is 0.0189. The summed E-state index contributed by atoms with van der Waals surface area (Å²) in [5.41, 5.74) is 2.59. The Morgan fingerprint density at radius 1 is 1.53 bits per heavy atom. The van der Waals surface area contributed by atoms with Crippen LogP contribution in [0.1, 0.15) is 32.5 Å². The molecule has 0 aliphatic heterocycles. The molecule has 1 aromatic rings. The topological polar surface area (TPSA) is 78.0 Å². The third-order valence-electron chi connectivity index (χ3n) is 3.63. The zero-order chi connectivity index (χ0) is 12.9. The Morgan fingerprint density at radius 2 is 2.18 bits per heavy atom.